The molecule has 0 aliphatic heterocycles. The van der Waals surface area contributed by atoms with Crippen LogP contribution in [0, 0.1) is 0 Å². The van der Waals surface area contributed by atoms with E-state index in [1.807, 2.05) is 37.3 Å². The van der Waals surface area contributed by atoms with Gasteiger partial charge in [-0.25, -0.2) is 0 Å². The molecule has 0 aliphatic carbocycles. The standard InChI is InChI=1S/C16H17Cl2NO2/c1-10(19-13-7-11(17)6-12(18)8-13)15-9-14(20-2)4-5-16(15)21-3/h4-10,19H,1-3H3. The summed E-state index contributed by atoms with van der Waals surface area (Å²) in [5.74, 6) is 1.58. The van der Waals surface area contributed by atoms with Crippen molar-refractivity contribution in [2.24, 2.45) is 0 Å². The third kappa shape index (κ3) is 3.96. The Hall–Kier alpha value is -1.58. The number of hydrogen-bond acceptors (Lipinski definition) is 3. The minimum absolute atomic E-state index is 0.00424. The molecule has 1 unspecified atom stereocenters. The van der Waals surface area contributed by atoms with E-state index in [4.69, 9.17) is 32.7 Å². The molecule has 0 radical (unpaired) electrons. The molecule has 5 heteroatoms. The first kappa shape index (κ1) is 15.8. The van der Waals surface area contributed by atoms with Gasteiger partial charge in [-0.15, -0.1) is 0 Å². The average molecular weight is 326 g/mol. The summed E-state index contributed by atoms with van der Waals surface area (Å²) >= 11 is 12.0. The molecular formula is C16H17Cl2NO2. The number of rotatable bonds is 5. The molecule has 0 heterocycles. The lowest BCUT2D eigenvalue weighted by Crippen LogP contribution is -2.08. The summed E-state index contributed by atoms with van der Waals surface area (Å²) in [5.41, 5.74) is 1.85. The molecule has 112 valence electrons. The molecule has 1 N–H and O–H groups in total. The fourth-order valence-corrected chi connectivity index (χ4v) is 2.67. The van der Waals surface area contributed by atoms with E-state index in [2.05, 4.69) is 5.32 Å². The highest BCUT2D eigenvalue weighted by molar-refractivity contribution is 6.35. The van der Waals surface area contributed by atoms with Gasteiger partial charge in [0.25, 0.3) is 0 Å². The molecular weight excluding hydrogens is 309 g/mol. The van der Waals surface area contributed by atoms with Gasteiger partial charge >= 0.3 is 0 Å². The van der Waals surface area contributed by atoms with Gasteiger partial charge in [0.2, 0.25) is 0 Å². The monoisotopic (exact) mass is 325 g/mol. The van der Waals surface area contributed by atoms with Crippen LogP contribution < -0.4 is 14.8 Å². The maximum absolute atomic E-state index is 6.02. The highest BCUT2D eigenvalue weighted by atomic mass is 35.5. The zero-order valence-corrected chi connectivity index (χ0v) is 13.6. The predicted molar refractivity (Wildman–Crippen MR) is 88.0 cm³/mol. The van der Waals surface area contributed by atoms with Crippen LogP contribution in [0.3, 0.4) is 0 Å². The van der Waals surface area contributed by atoms with Crippen molar-refractivity contribution in [2.45, 2.75) is 13.0 Å². The summed E-state index contributed by atoms with van der Waals surface area (Å²) in [6, 6.07) is 11.1. The van der Waals surface area contributed by atoms with E-state index in [1.54, 1.807) is 20.3 Å². The summed E-state index contributed by atoms with van der Waals surface area (Å²) in [6.45, 7) is 2.03. The van der Waals surface area contributed by atoms with Crippen LogP contribution in [0.2, 0.25) is 10.0 Å². The molecule has 2 aromatic rings. The van der Waals surface area contributed by atoms with Crippen molar-refractivity contribution in [1.29, 1.82) is 0 Å². The number of hydrogen-bond donors (Lipinski definition) is 1. The lowest BCUT2D eigenvalue weighted by Gasteiger charge is -2.19. The zero-order chi connectivity index (χ0) is 15.4. The molecule has 0 bridgehead atoms. The van der Waals surface area contributed by atoms with Gasteiger partial charge in [-0.05, 0) is 43.3 Å². The molecule has 21 heavy (non-hydrogen) atoms. The Morgan fingerprint density at radius 2 is 1.62 bits per heavy atom. The van der Waals surface area contributed by atoms with Crippen LogP contribution in [-0.4, -0.2) is 14.2 Å². The molecule has 0 spiro atoms. The van der Waals surface area contributed by atoms with Gasteiger partial charge in [0.05, 0.1) is 20.3 Å². The predicted octanol–water partition coefficient (Wildman–Crippen LogP) is 5.18. The third-order valence-corrected chi connectivity index (χ3v) is 3.59. The first-order valence-electron chi connectivity index (χ1n) is 6.48. The Kier molecular flexibility index (Phi) is 5.21. The minimum Gasteiger partial charge on any atom is -0.497 e. The van der Waals surface area contributed by atoms with E-state index in [1.165, 1.54) is 0 Å². The van der Waals surface area contributed by atoms with Crippen LogP contribution in [0.25, 0.3) is 0 Å². The number of methoxy groups -OCH3 is 2. The zero-order valence-electron chi connectivity index (χ0n) is 12.1. The van der Waals surface area contributed by atoms with Crippen molar-refractivity contribution in [1.82, 2.24) is 0 Å². The Bertz CT molecular complexity index is 611. The average Bonchev–Trinajstić information content (AvgIpc) is 2.45. The second-order valence-electron chi connectivity index (χ2n) is 4.63. The van der Waals surface area contributed by atoms with Gasteiger partial charge in [-0.1, -0.05) is 23.2 Å². The van der Waals surface area contributed by atoms with Crippen LogP contribution in [0.1, 0.15) is 18.5 Å². The summed E-state index contributed by atoms with van der Waals surface area (Å²) < 4.78 is 10.7. The molecule has 0 saturated carbocycles. The van der Waals surface area contributed by atoms with Crippen LogP contribution in [0.4, 0.5) is 5.69 Å². The van der Waals surface area contributed by atoms with Crippen LogP contribution in [0.5, 0.6) is 11.5 Å². The van der Waals surface area contributed by atoms with Gasteiger partial charge in [-0.3, -0.25) is 0 Å². The normalized spacial score (nSPS) is 11.9. The van der Waals surface area contributed by atoms with Crippen LogP contribution in [-0.2, 0) is 0 Å². The van der Waals surface area contributed by atoms with Crippen molar-refractivity contribution in [3.63, 3.8) is 0 Å². The van der Waals surface area contributed by atoms with E-state index in [9.17, 15) is 0 Å². The van der Waals surface area contributed by atoms with E-state index in [0.717, 1.165) is 22.7 Å². The highest BCUT2D eigenvalue weighted by Gasteiger charge is 2.13. The number of anilines is 1. The molecule has 2 rings (SSSR count). The lowest BCUT2D eigenvalue weighted by atomic mass is 10.1. The Morgan fingerprint density at radius 3 is 2.19 bits per heavy atom. The van der Waals surface area contributed by atoms with Gasteiger partial charge < -0.3 is 14.8 Å². The van der Waals surface area contributed by atoms with Gasteiger partial charge in [0, 0.05) is 21.3 Å². The van der Waals surface area contributed by atoms with Crippen LogP contribution >= 0.6 is 23.2 Å². The van der Waals surface area contributed by atoms with E-state index in [0.29, 0.717) is 10.0 Å². The van der Waals surface area contributed by atoms with Crippen molar-refractivity contribution < 1.29 is 9.47 Å². The first-order valence-corrected chi connectivity index (χ1v) is 7.23. The quantitative estimate of drug-likeness (QED) is 0.821. The summed E-state index contributed by atoms with van der Waals surface area (Å²) in [7, 11) is 3.29. The molecule has 2 aromatic carbocycles. The molecule has 0 saturated heterocycles. The number of halogens is 2. The van der Waals surface area contributed by atoms with Crippen molar-refractivity contribution in [3.05, 3.63) is 52.0 Å². The summed E-state index contributed by atoms with van der Waals surface area (Å²) in [4.78, 5) is 0. The molecule has 1 atom stereocenters. The maximum atomic E-state index is 6.02. The number of benzene rings is 2. The highest BCUT2D eigenvalue weighted by Crippen LogP contribution is 2.32. The maximum Gasteiger partial charge on any atom is 0.124 e. The summed E-state index contributed by atoms with van der Waals surface area (Å²) in [6.07, 6.45) is 0. The molecule has 0 amide bonds. The van der Waals surface area contributed by atoms with Gasteiger partial charge in [-0.2, -0.15) is 0 Å². The lowest BCUT2D eigenvalue weighted by molar-refractivity contribution is 0.397. The largest absolute Gasteiger partial charge is 0.497 e. The van der Waals surface area contributed by atoms with Crippen molar-refractivity contribution in [2.75, 3.05) is 19.5 Å². The fourth-order valence-electron chi connectivity index (χ4n) is 2.14. The minimum atomic E-state index is 0.00424. The van der Waals surface area contributed by atoms with Gasteiger partial charge in [0.1, 0.15) is 11.5 Å². The van der Waals surface area contributed by atoms with Crippen molar-refractivity contribution in [3.8, 4) is 11.5 Å². The number of nitrogens with one attached hydrogen (secondary N) is 1. The van der Waals surface area contributed by atoms with E-state index < -0.39 is 0 Å². The molecule has 0 aliphatic rings. The number of ether oxygens (including phenoxy) is 2. The first-order chi connectivity index (χ1) is 10.0. The van der Waals surface area contributed by atoms with Crippen LogP contribution in [0.15, 0.2) is 36.4 Å². The second kappa shape index (κ2) is 6.92. The van der Waals surface area contributed by atoms with Gasteiger partial charge in [0.15, 0.2) is 0 Å². The SMILES string of the molecule is COc1ccc(OC)c(C(C)Nc2cc(Cl)cc(Cl)c2)c1. The smallest absolute Gasteiger partial charge is 0.124 e. The fraction of sp³-hybridized carbons (Fsp3) is 0.250. The van der Waals surface area contributed by atoms with Crippen molar-refractivity contribution >= 4 is 28.9 Å². The Morgan fingerprint density at radius 1 is 0.952 bits per heavy atom. The topological polar surface area (TPSA) is 30.5 Å². The second-order valence-corrected chi connectivity index (χ2v) is 5.50. The molecule has 0 fully saturated rings. The third-order valence-electron chi connectivity index (χ3n) is 3.15. The molecule has 0 aromatic heterocycles. The van der Waals surface area contributed by atoms with E-state index >= 15 is 0 Å². The Balaban J connectivity index is 2.28. The summed E-state index contributed by atoms with van der Waals surface area (Å²) in [5, 5.41) is 4.55. The Labute approximate surface area is 134 Å². The molecule has 3 nitrogen and oxygen atoms in total. The van der Waals surface area contributed by atoms with E-state index in [-0.39, 0.29) is 6.04 Å².